The van der Waals surface area contributed by atoms with Gasteiger partial charge < -0.3 is 15.3 Å². The van der Waals surface area contributed by atoms with E-state index in [1.807, 2.05) is 0 Å². The highest BCUT2D eigenvalue weighted by Crippen LogP contribution is 2.15. The van der Waals surface area contributed by atoms with Crippen LogP contribution in [0.1, 0.15) is 30.6 Å². The summed E-state index contributed by atoms with van der Waals surface area (Å²) in [6.07, 6.45) is 0.869. The number of aromatic carboxylic acids is 1. The van der Waals surface area contributed by atoms with E-state index in [1.54, 1.807) is 7.05 Å². The molecule has 5 nitrogen and oxygen atoms in total. The lowest BCUT2D eigenvalue weighted by atomic mass is 10.1. The molecule has 6 heteroatoms. The summed E-state index contributed by atoms with van der Waals surface area (Å²) in [5.74, 6) is -1.72. The summed E-state index contributed by atoms with van der Waals surface area (Å²) in [5.41, 5.74) is -0.210. The Labute approximate surface area is 117 Å². The number of carbonyl (C=O) groups is 2. The van der Waals surface area contributed by atoms with Crippen molar-refractivity contribution < 1.29 is 19.1 Å². The number of benzene rings is 1. The van der Waals surface area contributed by atoms with Gasteiger partial charge in [-0.1, -0.05) is 13.8 Å². The molecule has 0 aromatic heterocycles. The van der Waals surface area contributed by atoms with Crippen molar-refractivity contribution in [2.75, 3.05) is 18.9 Å². The maximum Gasteiger partial charge on any atom is 0.338 e. The van der Waals surface area contributed by atoms with Gasteiger partial charge in [0.05, 0.1) is 5.56 Å². The van der Waals surface area contributed by atoms with E-state index < -0.39 is 17.3 Å². The Morgan fingerprint density at radius 3 is 2.60 bits per heavy atom. The molecule has 0 saturated carbocycles. The first-order valence-corrected chi connectivity index (χ1v) is 6.36. The molecule has 1 rings (SSSR count). The normalized spacial score (nSPS) is 10.4. The fraction of sp³-hybridized carbons (Fsp3) is 0.429. The fourth-order valence-corrected chi connectivity index (χ4v) is 1.54. The zero-order valence-corrected chi connectivity index (χ0v) is 11.8. The number of nitrogens with one attached hydrogen (secondary N) is 1. The van der Waals surface area contributed by atoms with Crippen molar-refractivity contribution in [1.29, 1.82) is 0 Å². The van der Waals surface area contributed by atoms with Crippen LogP contribution in [0, 0.1) is 11.7 Å². The lowest BCUT2D eigenvalue weighted by Gasteiger charge is -2.19. The minimum atomic E-state index is -1.37. The molecule has 1 aromatic carbocycles. The summed E-state index contributed by atoms with van der Waals surface area (Å²) in [5, 5.41) is 11.4. The highest BCUT2D eigenvalue weighted by atomic mass is 19.1. The SMILES string of the molecule is CC(C)CCN(C)C(=O)Nc1ccc(F)c(C(=O)O)c1. The van der Waals surface area contributed by atoms with Gasteiger partial charge in [-0.3, -0.25) is 0 Å². The molecule has 1 aromatic rings. The summed E-state index contributed by atoms with van der Waals surface area (Å²) in [6, 6.07) is 3.10. The first kappa shape index (κ1) is 15.9. The monoisotopic (exact) mass is 282 g/mol. The number of nitrogens with zero attached hydrogens (tertiary/aromatic N) is 1. The van der Waals surface area contributed by atoms with Crippen LogP contribution in [0.15, 0.2) is 18.2 Å². The number of anilines is 1. The average Bonchev–Trinajstić information content (AvgIpc) is 2.37. The maximum atomic E-state index is 13.2. The quantitative estimate of drug-likeness (QED) is 0.872. The van der Waals surface area contributed by atoms with E-state index >= 15 is 0 Å². The van der Waals surface area contributed by atoms with Crippen molar-refractivity contribution in [2.45, 2.75) is 20.3 Å². The van der Waals surface area contributed by atoms with Crippen molar-refractivity contribution in [1.82, 2.24) is 4.90 Å². The molecule has 110 valence electrons. The Bertz CT molecular complexity index is 503. The van der Waals surface area contributed by atoms with Gasteiger partial charge in [0.2, 0.25) is 0 Å². The summed E-state index contributed by atoms with van der Waals surface area (Å²) in [4.78, 5) is 24.2. The molecule has 0 aliphatic heterocycles. The van der Waals surface area contributed by atoms with Gasteiger partial charge >= 0.3 is 12.0 Å². The van der Waals surface area contributed by atoms with E-state index in [0.717, 1.165) is 18.6 Å². The smallest absolute Gasteiger partial charge is 0.338 e. The summed E-state index contributed by atoms with van der Waals surface area (Å²) >= 11 is 0. The molecule has 2 N–H and O–H groups in total. The highest BCUT2D eigenvalue weighted by molar-refractivity contribution is 5.93. The number of carboxylic acid groups (broad SMARTS) is 1. The van der Waals surface area contributed by atoms with Gasteiger partial charge in [-0.15, -0.1) is 0 Å². The van der Waals surface area contributed by atoms with Gasteiger partial charge in [0.15, 0.2) is 0 Å². The molecule has 0 bridgehead atoms. The van der Waals surface area contributed by atoms with E-state index in [2.05, 4.69) is 19.2 Å². The standard InChI is InChI=1S/C14H19FN2O3/c1-9(2)6-7-17(3)14(20)16-10-4-5-12(15)11(8-10)13(18)19/h4-5,8-9H,6-7H2,1-3H3,(H,16,20)(H,18,19). The predicted molar refractivity (Wildman–Crippen MR) is 74.5 cm³/mol. The lowest BCUT2D eigenvalue weighted by Crippen LogP contribution is -2.32. The fourth-order valence-electron chi connectivity index (χ4n) is 1.54. The minimum Gasteiger partial charge on any atom is -0.478 e. The van der Waals surface area contributed by atoms with E-state index in [-0.39, 0.29) is 11.7 Å². The van der Waals surface area contributed by atoms with Gasteiger partial charge in [0.1, 0.15) is 5.82 Å². The van der Waals surface area contributed by atoms with Crippen molar-refractivity contribution in [2.24, 2.45) is 5.92 Å². The summed E-state index contributed by atoms with van der Waals surface area (Å²) < 4.78 is 13.2. The van der Waals surface area contributed by atoms with Crippen LogP contribution in [0.25, 0.3) is 0 Å². The average molecular weight is 282 g/mol. The Balaban J connectivity index is 2.71. The highest BCUT2D eigenvalue weighted by Gasteiger charge is 2.13. The molecule has 2 amide bonds. The van der Waals surface area contributed by atoms with Crippen LogP contribution >= 0.6 is 0 Å². The van der Waals surface area contributed by atoms with Crippen molar-refractivity contribution in [3.8, 4) is 0 Å². The van der Waals surface area contributed by atoms with Crippen molar-refractivity contribution in [3.05, 3.63) is 29.6 Å². The van der Waals surface area contributed by atoms with E-state index in [9.17, 15) is 14.0 Å². The maximum absolute atomic E-state index is 13.2. The molecule has 0 aliphatic carbocycles. The van der Waals surface area contributed by atoms with Crippen LogP contribution in [-0.2, 0) is 0 Å². The van der Waals surface area contributed by atoms with Gasteiger partial charge in [-0.2, -0.15) is 0 Å². The van der Waals surface area contributed by atoms with Crippen LogP contribution in [-0.4, -0.2) is 35.6 Å². The van der Waals surface area contributed by atoms with Gasteiger partial charge in [-0.05, 0) is 30.5 Å². The first-order chi connectivity index (χ1) is 9.31. The number of amides is 2. The van der Waals surface area contributed by atoms with Gasteiger partial charge in [0, 0.05) is 19.3 Å². The lowest BCUT2D eigenvalue weighted by molar-refractivity contribution is 0.0692. The number of carboxylic acids is 1. The number of halogens is 1. The topological polar surface area (TPSA) is 69.6 Å². The molecule has 20 heavy (non-hydrogen) atoms. The molecule has 0 heterocycles. The third kappa shape index (κ3) is 4.53. The zero-order chi connectivity index (χ0) is 15.3. The van der Waals surface area contributed by atoms with E-state index in [1.165, 1.54) is 11.0 Å². The number of hydrogen-bond donors (Lipinski definition) is 2. The van der Waals surface area contributed by atoms with Crippen LogP contribution in [0.3, 0.4) is 0 Å². The predicted octanol–water partition coefficient (Wildman–Crippen LogP) is 3.03. The Morgan fingerprint density at radius 2 is 2.05 bits per heavy atom. The zero-order valence-electron chi connectivity index (χ0n) is 11.8. The molecule has 0 atom stereocenters. The van der Waals surface area contributed by atoms with Crippen LogP contribution < -0.4 is 5.32 Å². The van der Waals surface area contributed by atoms with Crippen molar-refractivity contribution in [3.63, 3.8) is 0 Å². The second-order valence-electron chi connectivity index (χ2n) is 5.03. The van der Waals surface area contributed by atoms with Crippen LogP contribution in [0.5, 0.6) is 0 Å². The third-order valence-corrected chi connectivity index (χ3v) is 2.84. The first-order valence-electron chi connectivity index (χ1n) is 6.36. The van der Waals surface area contributed by atoms with Gasteiger partial charge in [-0.25, -0.2) is 14.0 Å². The number of hydrogen-bond acceptors (Lipinski definition) is 2. The van der Waals surface area contributed by atoms with E-state index in [0.29, 0.717) is 12.5 Å². The number of urea groups is 1. The molecule has 0 saturated heterocycles. The summed E-state index contributed by atoms with van der Waals surface area (Å²) in [7, 11) is 1.65. The molecule has 0 radical (unpaired) electrons. The Morgan fingerprint density at radius 1 is 1.40 bits per heavy atom. The number of rotatable bonds is 5. The van der Waals surface area contributed by atoms with E-state index in [4.69, 9.17) is 5.11 Å². The Hall–Kier alpha value is -2.11. The number of carbonyl (C=O) groups excluding carboxylic acids is 1. The van der Waals surface area contributed by atoms with Crippen molar-refractivity contribution >= 4 is 17.7 Å². The molecule has 0 unspecified atom stereocenters. The molecular formula is C14H19FN2O3. The Kier molecular flexibility index (Phi) is 5.49. The van der Waals surface area contributed by atoms with Gasteiger partial charge in [0.25, 0.3) is 0 Å². The molecule has 0 fully saturated rings. The summed E-state index contributed by atoms with van der Waals surface area (Å²) in [6.45, 7) is 4.71. The molecule has 0 aliphatic rings. The largest absolute Gasteiger partial charge is 0.478 e. The molecular weight excluding hydrogens is 263 g/mol. The van der Waals surface area contributed by atoms with Crippen LogP contribution in [0.2, 0.25) is 0 Å². The second-order valence-corrected chi connectivity index (χ2v) is 5.03. The van der Waals surface area contributed by atoms with Crippen LogP contribution in [0.4, 0.5) is 14.9 Å². The minimum absolute atomic E-state index is 0.255. The third-order valence-electron chi connectivity index (χ3n) is 2.84. The second kappa shape index (κ2) is 6.88. The molecule has 0 spiro atoms.